The van der Waals surface area contributed by atoms with Gasteiger partial charge in [-0.1, -0.05) is 60.7 Å². The van der Waals surface area contributed by atoms with Crippen molar-refractivity contribution in [2.45, 2.75) is 0 Å². The average Bonchev–Trinajstić information content (AvgIpc) is 2.62. The molecule has 2 heterocycles. The van der Waals surface area contributed by atoms with E-state index in [4.69, 9.17) is 4.98 Å². The second-order valence-corrected chi connectivity index (χ2v) is 5.21. The Morgan fingerprint density at radius 3 is 1.83 bits per heavy atom. The van der Waals surface area contributed by atoms with Crippen LogP contribution in [0.3, 0.4) is 0 Å². The van der Waals surface area contributed by atoms with Gasteiger partial charge in [0.1, 0.15) is 5.52 Å². The van der Waals surface area contributed by atoms with Crippen molar-refractivity contribution in [3.63, 3.8) is 0 Å². The average molecular weight is 299 g/mol. The molecule has 0 fully saturated rings. The number of nitrogens with zero attached hydrogens (tertiary/aromatic N) is 2. The highest BCUT2D eigenvalue weighted by molar-refractivity contribution is 5.84. The Balaban J connectivity index is 2.06. The van der Waals surface area contributed by atoms with E-state index in [0.29, 0.717) is 11.2 Å². The number of H-pyrrole nitrogens is 1. The molecule has 0 aliphatic carbocycles. The third kappa shape index (κ3) is 2.51. The molecule has 0 aliphatic heterocycles. The van der Waals surface area contributed by atoms with E-state index in [0.717, 1.165) is 22.5 Å². The Labute approximate surface area is 132 Å². The van der Waals surface area contributed by atoms with Crippen molar-refractivity contribution < 1.29 is 0 Å². The van der Waals surface area contributed by atoms with Gasteiger partial charge in [-0.3, -0.25) is 4.79 Å². The molecule has 23 heavy (non-hydrogen) atoms. The quantitative estimate of drug-likeness (QED) is 0.614. The molecule has 0 atom stereocenters. The fourth-order valence-electron chi connectivity index (χ4n) is 2.56. The molecular formula is C19H13N3O. The third-order valence-corrected chi connectivity index (χ3v) is 3.65. The molecule has 1 N–H and O–H groups in total. The highest BCUT2D eigenvalue weighted by Crippen LogP contribution is 2.29. The summed E-state index contributed by atoms with van der Waals surface area (Å²) in [5.41, 5.74) is 4.50. The fourth-order valence-corrected chi connectivity index (χ4v) is 2.56. The van der Waals surface area contributed by atoms with Crippen LogP contribution in [-0.2, 0) is 0 Å². The van der Waals surface area contributed by atoms with Crippen LogP contribution >= 0.6 is 0 Å². The minimum Gasteiger partial charge on any atom is -0.305 e. The van der Waals surface area contributed by atoms with Gasteiger partial charge in [-0.15, -0.1) is 0 Å². The maximum absolute atomic E-state index is 11.6. The van der Waals surface area contributed by atoms with Crippen molar-refractivity contribution in [2.75, 3.05) is 0 Å². The van der Waals surface area contributed by atoms with Gasteiger partial charge in [0.05, 0.1) is 11.4 Å². The molecule has 0 radical (unpaired) electrons. The first-order chi connectivity index (χ1) is 11.3. The van der Waals surface area contributed by atoms with Gasteiger partial charge < -0.3 is 4.98 Å². The lowest BCUT2D eigenvalue weighted by Crippen LogP contribution is -2.06. The van der Waals surface area contributed by atoms with Crippen LogP contribution in [0, 0.1) is 0 Å². The lowest BCUT2D eigenvalue weighted by Gasteiger charge is -2.10. The molecule has 4 rings (SSSR count). The summed E-state index contributed by atoms with van der Waals surface area (Å²) in [6, 6.07) is 23.0. The normalized spacial score (nSPS) is 10.8. The smallest absolute Gasteiger partial charge is 0.249 e. The number of fused-ring (bicyclic) bond motifs is 1. The maximum atomic E-state index is 11.6. The largest absolute Gasteiger partial charge is 0.305 e. The number of aromatic amines is 1. The molecule has 0 bridgehead atoms. The van der Waals surface area contributed by atoms with Crippen LogP contribution in [0.15, 0.2) is 77.6 Å². The van der Waals surface area contributed by atoms with Gasteiger partial charge in [-0.05, 0) is 6.07 Å². The summed E-state index contributed by atoms with van der Waals surface area (Å²) < 4.78 is 0. The van der Waals surface area contributed by atoms with Crippen LogP contribution in [0.2, 0.25) is 0 Å². The zero-order valence-electron chi connectivity index (χ0n) is 12.2. The molecule has 2 aromatic heterocycles. The molecule has 110 valence electrons. The summed E-state index contributed by atoms with van der Waals surface area (Å²) in [5, 5.41) is 0. The Bertz CT molecular complexity index is 1020. The van der Waals surface area contributed by atoms with E-state index in [1.807, 2.05) is 60.7 Å². The van der Waals surface area contributed by atoms with Crippen LogP contribution in [-0.4, -0.2) is 15.0 Å². The number of pyridine rings is 1. The summed E-state index contributed by atoms with van der Waals surface area (Å²) in [4.78, 5) is 23.7. The van der Waals surface area contributed by atoms with Crippen molar-refractivity contribution in [1.82, 2.24) is 15.0 Å². The van der Waals surface area contributed by atoms with E-state index in [1.165, 1.54) is 6.07 Å². The predicted molar refractivity (Wildman–Crippen MR) is 91.0 cm³/mol. The van der Waals surface area contributed by atoms with Crippen LogP contribution in [0.4, 0.5) is 0 Å². The van der Waals surface area contributed by atoms with E-state index in [2.05, 4.69) is 9.97 Å². The van der Waals surface area contributed by atoms with Gasteiger partial charge in [0, 0.05) is 17.2 Å². The van der Waals surface area contributed by atoms with Crippen molar-refractivity contribution in [3.8, 4) is 22.5 Å². The minimum absolute atomic E-state index is 0.182. The van der Waals surface area contributed by atoms with E-state index >= 15 is 0 Å². The number of hydrogen-bond acceptors (Lipinski definition) is 3. The Hall–Kier alpha value is -3.27. The molecule has 0 unspecified atom stereocenters. The zero-order chi connectivity index (χ0) is 15.6. The summed E-state index contributed by atoms with van der Waals surface area (Å²) >= 11 is 0. The Morgan fingerprint density at radius 1 is 0.652 bits per heavy atom. The molecule has 0 amide bonds. The number of hydrogen-bond donors (Lipinski definition) is 1. The monoisotopic (exact) mass is 299 g/mol. The van der Waals surface area contributed by atoms with Crippen molar-refractivity contribution in [1.29, 1.82) is 0 Å². The highest BCUT2D eigenvalue weighted by atomic mass is 16.1. The zero-order valence-corrected chi connectivity index (χ0v) is 12.2. The lowest BCUT2D eigenvalue weighted by atomic mass is 10.0. The lowest BCUT2D eigenvalue weighted by molar-refractivity contribution is 1.19. The molecule has 4 nitrogen and oxygen atoms in total. The second kappa shape index (κ2) is 5.50. The topological polar surface area (TPSA) is 58.6 Å². The van der Waals surface area contributed by atoms with Gasteiger partial charge in [-0.25, -0.2) is 9.97 Å². The Morgan fingerprint density at radius 2 is 1.22 bits per heavy atom. The van der Waals surface area contributed by atoms with Crippen LogP contribution in [0.1, 0.15) is 0 Å². The van der Waals surface area contributed by atoms with E-state index in [-0.39, 0.29) is 5.56 Å². The Kier molecular flexibility index (Phi) is 3.20. The van der Waals surface area contributed by atoms with Crippen LogP contribution in [0.5, 0.6) is 0 Å². The van der Waals surface area contributed by atoms with Gasteiger partial charge in [0.2, 0.25) is 5.56 Å². The van der Waals surface area contributed by atoms with Gasteiger partial charge in [-0.2, -0.15) is 0 Å². The van der Waals surface area contributed by atoms with Crippen molar-refractivity contribution >= 4 is 11.2 Å². The van der Waals surface area contributed by atoms with Crippen LogP contribution in [0.25, 0.3) is 33.7 Å². The summed E-state index contributed by atoms with van der Waals surface area (Å²) in [6.07, 6.45) is 0. The van der Waals surface area contributed by atoms with Crippen molar-refractivity contribution in [3.05, 3.63) is 83.2 Å². The standard InChI is InChI=1S/C19H13N3O/c23-16-12-11-15-19(21-16)22-18(14-9-5-2-6-10-14)17(20-15)13-7-3-1-4-8-13/h1-12H,(H,21,22,23). The van der Waals surface area contributed by atoms with Crippen LogP contribution < -0.4 is 5.56 Å². The second-order valence-electron chi connectivity index (χ2n) is 5.21. The molecule has 0 saturated heterocycles. The first-order valence-corrected chi connectivity index (χ1v) is 7.33. The number of benzene rings is 2. The SMILES string of the molecule is O=c1ccc2nc(-c3ccccc3)c(-c3ccccc3)nc2[nH]1. The summed E-state index contributed by atoms with van der Waals surface area (Å²) in [6.45, 7) is 0. The van der Waals surface area contributed by atoms with Gasteiger partial charge in [0.25, 0.3) is 0 Å². The fraction of sp³-hybridized carbons (Fsp3) is 0. The van der Waals surface area contributed by atoms with Crippen molar-refractivity contribution in [2.24, 2.45) is 0 Å². The molecule has 4 heteroatoms. The molecule has 0 saturated carbocycles. The first-order valence-electron chi connectivity index (χ1n) is 7.33. The molecule has 4 aromatic rings. The van der Waals surface area contributed by atoms with E-state index < -0.39 is 0 Å². The van der Waals surface area contributed by atoms with E-state index in [1.54, 1.807) is 6.07 Å². The number of aromatic nitrogens is 3. The summed E-state index contributed by atoms with van der Waals surface area (Å²) in [7, 11) is 0. The predicted octanol–water partition coefficient (Wildman–Crippen LogP) is 3.65. The molecule has 0 aliphatic rings. The molecular weight excluding hydrogens is 286 g/mol. The van der Waals surface area contributed by atoms with Gasteiger partial charge in [0.15, 0.2) is 5.65 Å². The summed E-state index contributed by atoms with van der Waals surface area (Å²) in [5.74, 6) is 0. The first kappa shape index (κ1) is 13.4. The molecule has 2 aromatic carbocycles. The third-order valence-electron chi connectivity index (χ3n) is 3.65. The maximum Gasteiger partial charge on any atom is 0.249 e. The molecule has 0 spiro atoms. The number of nitrogens with one attached hydrogen (secondary N) is 1. The minimum atomic E-state index is -0.182. The highest BCUT2D eigenvalue weighted by Gasteiger charge is 2.13. The van der Waals surface area contributed by atoms with Gasteiger partial charge >= 0.3 is 0 Å². The number of rotatable bonds is 2. The van der Waals surface area contributed by atoms with E-state index in [9.17, 15) is 4.79 Å².